The monoisotopic (exact) mass is 288 g/mol. The molecule has 3 N–H and O–H groups in total. The molecule has 104 valence electrons. The lowest BCUT2D eigenvalue weighted by molar-refractivity contribution is 0.103. The van der Waals surface area contributed by atoms with Crippen LogP contribution in [0.1, 0.15) is 26.5 Å². The summed E-state index contributed by atoms with van der Waals surface area (Å²) in [6.45, 7) is 0. The third kappa shape index (κ3) is 2.36. The molecular formula is C15H16N2O2S. The van der Waals surface area contributed by atoms with Crippen molar-refractivity contribution >= 4 is 28.6 Å². The van der Waals surface area contributed by atoms with Gasteiger partial charge in [-0.2, -0.15) is 0 Å². The molecule has 4 nitrogen and oxygen atoms in total. The zero-order valence-electron chi connectivity index (χ0n) is 11.2. The lowest BCUT2D eigenvalue weighted by Crippen LogP contribution is -2.11. The van der Waals surface area contributed by atoms with Gasteiger partial charge in [0.1, 0.15) is 5.75 Å². The third-order valence-electron chi connectivity index (χ3n) is 3.44. The predicted octanol–water partition coefficient (Wildman–Crippen LogP) is 3.08. The van der Waals surface area contributed by atoms with Crippen molar-refractivity contribution in [2.24, 2.45) is 0 Å². The Balaban J connectivity index is 1.83. The number of aryl methyl sites for hydroxylation is 2. The van der Waals surface area contributed by atoms with E-state index in [-0.39, 0.29) is 5.91 Å². The van der Waals surface area contributed by atoms with Gasteiger partial charge >= 0.3 is 0 Å². The van der Waals surface area contributed by atoms with Crippen molar-refractivity contribution in [2.75, 3.05) is 18.2 Å². The minimum Gasteiger partial charge on any atom is -0.495 e. The number of benzene rings is 1. The fourth-order valence-corrected chi connectivity index (χ4v) is 3.60. The molecule has 1 aromatic carbocycles. The van der Waals surface area contributed by atoms with Crippen molar-refractivity contribution in [3.05, 3.63) is 39.6 Å². The van der Waals surface area contributed by atoms with Crippen molar-refractivity contribution in [1.29, 1.82) is 0 Å². The minimum absolute atomic E-state index is 0.103. The molecule has 0 fully saturated rings. The molecule has 0 saturated carbocycles. The van der Waals surface area contributed by atoms with E-state index < -0.39 is 0 Å². The van der Waals surface area contributed by atoms with Gasteiger partial charge in [-0.05, 0) is 49.1 Å². The Morgan fingerprint density at radius 1 is 1.35 bits per heavy atom. The van der Waals surface area contributed by atoms with Gasteiger partial charge in [0.2, 0.25) is 0 Å². The van der Waals surface area contributed by atoms with Crippen LogP contribution in [0, 0.1) is 0 Å². The summed E-state index contributed by atoms with van der Waals surface area (Å²) in [5.41, 5.74) is 8.27. The van der Waals surface area contributed by atoms with Gasteiger partial charge in [0, 0.05) is 10.6 Å². The van der Waals surface area contributed by atoms with Crippen LogP contribution in [0.3, 0.4) is 0 Å². The van der Waals surface area contributed by atoms with Crippen LogP contribution in [0.5, 0.6) is 5.75 Å². The molecule has 1 aliphatic rings. The first-order valence-electron chi connectivity index (χ1n) is 6.54. The largest absolute Gasteiger partial charge is 0.495 e. The van der Waals surface area contributed by atoms with Gasteiger partial charge in [0.25, 0.3) is 5.91 Å². The number of amides is 1. The van der Waals surface area contributed by atoms with Gasteiger partial charge < -0.3 is 15.8 Å². The molecule has 5 heteroatoms. The number of hydrogen-bond donors (Lipinski definition) is 2. The number of methoxy groups -OCH3 is 1. The molecule has 3 rings (SSSR count). The number of fused-ring (bicyclic) bond motifs is 1. The van der Waals surface area contributed by atoms with E-state index in [4.69, 9.17) is 10.5 Å². The van der Waals surface area contributed by atoms with Gasteiger partial charge in [-0.25, -0.2) is 0 Å². The molecular weight excluding hydrogens is 272 g/mol. The predicted molar refractivity (Wildman–Crippen MR) is 81.7 cm³/mol. The van der Waals surface area contributed by atoms with Crippen molar-refractivity contribution in [3.8, 4) is 5.75 Å². The molecule has 1 aromatic heterocycles. The van der Waals surface area contributed by atoms with Crippen LogP contribution in [-0.4, -0.2) is 13.0 Å². The molecule has 1 aliphatic carbocycles. The first-order valence-corrected chi connectivity index (χ1v) is 7.35. The Hall–Kier alpha value is -2.01. The van der Waals surface area contributed by atoms with Crippen molar-refractivity contribution < 1.29 is 9.53 Å². The Labute approximate surface area is 121 Å². The number of carbonyl (C=O) groups is 1. The number of nitrogens with one attached hydrogen (secondary N) is 1. The second kappa shape index (κ2) is 5.17. The van der Waals surface area contributed by atoms with Gasteiger partial charge in [-0.3, -0.25) is 4.79 Å². The van der Waals surface area contributed by atoms with Crippen LogP contribution in [-0.2, 0) is 12.8 Å². The second-order valence-corrected chi connectivity index (χ2v) is 5.96. The van der Waals surface area contributed by atoms with E-state index >= 15 is 0 Å². The molecule has 20 heavy (non-hydrogen) atoms. The van der Waals surface area contributed by atoms with Gasteiger partial charge in [-0.15, -0.1) is 11.3 Å². The Kier molecular flexibility index (Phi) is 3.36. The number of carbonyl (C=O) groups excluding carboxylic acids is 1. The molecule has 2 aromatic rings. The molecule has 0 unspecified atom stereocenters. The van der Waals surface area contributed by atoms with E-state index in [0.717, 1.165) is 17.7 Å². The zero-order chi connectivity index (χ0) is 14.1. The van der Waals surface area contributed by atoms with Crippen molar-refractivity contribution in [1.82, 2.24) is 0 Å². The molecule has 1 heterocycles. The maximum atomic E-state index is 12.3. The maximum absolute atomic E-state index is 12.3. The number of nitrogen functional groups attached to an aromatic ring is 1. The fraction of sp³-hybridized carbons (Fsp3) is 0.267. The average Bonchev–Trinajstić information content (AvgIpc) is 2.99. The Morgan fingerprint density at radius 3 is 2.95 bits per heavy atom. The highest BCUT2D eigenvalue weighted by Gasteiger charge is 2.19. The molecule has 0 atom stereocenters. The summed E-state index contributed by atoms with van der Waals surface area (Å²) in [5, 5.41) is 2.87. The van der Waals surface area contributed by atoms with E-state index in [1.165, 1.54) is 16.9 Å². The van der Waals surface area contributed by atoms with E-state index in [9.17, 15) is 4.79 Å². The summed E-state index contributed by atoms with van der Waals surface area (Å²) in [4.78, 5) is 14.4. The van der Waals surface area contributed by atoms with Gasteiger partial charge in [-0.1, -0.05) is 0 Å². The average molecular weight is 288 g/mol. The third-order valence-corrected chi connectivity index (χ3v) is 4.68. The summed E-state index contributed by atoms with van der Waals surface area (Å²) < 4.78 is 5.23. The molecule has 0 aliphatic heterocycles. The van der Waals surface area contributed by atoms with Crippen LogP contribution in [0.25, 0.3) is 0 Å². The topological polar surface area (TPSA) is 64.3 Å². The standard InChI is InChI=1S/C15H16N2O2S/c1-19-12-6-5-10(16)8-11(12)17-15(18)14-7-9-3-2-4-13(9)20-14/h5-8H,2-4,16H2,1H3,(H,17,18). The van der Waals surface area contributed by atoms with Crippen LogP contribution in [0.2, 0.25) is 0 Å². The van der Waals surface area contributed by atoms with E-state index in [2.05, 4.69) is 5.32 Å². The van der Waals surface area contributed by atoms with Crippen LogP contribution in [0.15, 0.2) is 24.3 Å². The summed E-state index contributed by atoms with van der Waals surface area (Å²) in [6.07, 6.45) is 3.38. The Bertz CT molecular complexity index is 642. The van der Waals surface area contributed by atoms with E-state index in [1.54, 1.807) is 36.6 Å². The molecule has 0 radical (unpaired) electrons. The van der Waals surface area contributed by atoms with E-state index in [1.807, 2.05) is 6.07 Å². The summed E-state index contributed by atoms with van der Waals surface area (Å²) in [7, 11) is 1.57. The normalized spacial score (nSPS) is 13.1. The summed E-state index contributed by atoms with van der Waals surface area (Å²) in [6, 6.07) is 7.20. The number of nitrogens with two attached hydrogens (primary N) is 1. The number of thiophene rings is 1. The summed E-state index contributed by atoms with van der Waals surface area (Å²) >= 11 is 1.58. The molecule has 0 bridgehead atoms. The molecule has 0 saturated heterocycles. The summed E-state index contributed by atoms with van der Waals surface area (Å²) in [5.74, 6) is 0.505. The minimum atomic E-state index is -0.103. The first kappa shape index (κ1) is 13.0. The highest BCUT2D eigenvalue weighted by atomic mass is 32.1. The van der Waals surface area contributed by atoms with Crippen LogP contribution >= 0.6 is 11.3 Å². The number of hydrogen-bond acceptors (Lipinski definition) is 4. The lowest BCUT2D eigenvalue weighted by Gasteiger charge is -2.10. The first-order chi connectivity index (χ1) is 9.67. The zero-order valence-corrected chi connectivity index (χ0v) is 12.0. The number of anilines is 2. The second-order valence-electron chi connectivity index (χ2n) is 4.83. The van der Waals surface area contributed by atoms with Crippen LogP contribution < -0.4 is 15.8 Å². The SMILES string of the molecule is COc1ccc(N)cc1NC(=O)c1cc2c(s1)CCC2. The number of rotatable bonds is 3. The highest BCUT2D eigenvalue weighted by molar-refractivity contribution is 7.14. The fourth-order valence-electron chi connectivity index (χ4n) is 2.45. The maximum Gasteiger partial charge on any atom is 0.265 e. The van der Waals surface area contributed by atoms with Crippen molar-refractivity contribution in [2.45, 2.75) is 19.3 Å². The van der Waals surface area contributed by atoms with E-state index in [0.29, 0.717) is 17.1 Å². The molecule has 0 spiro atoms. The quantitative estimate of drug-likeness (QED) is 0.853. The lowest BCUT2D eigenvalue weighted by atomic mass is 10.2. The highest BCUT2D eigenvalue weighted by Crippen LogP contribution is 2.32. The van der Waals surface area contributed by atoms with Gasteiger partial charge in [0.15, 0.2) is 0 Å². The number of ether oxygens (including phenoxy) is 1. The Morgan fingerprint density at radius 2 is 2.20 bits per heavy atom. The van der Waals surface area contributed by atoms with Crippen molar-refractivity contribution in [3.63, 3.8) is 0 Å². The van der Waals surface area contributed by atoms with Crippen LogP contribution in [0.4, 0.5) is 11.4 Å². The van der Waals surface area contributed by atoms with Gasteiger partial charge in [0.05, 0.1) is 17.7 Å². The molecule has 1 amide bonds. The smallest absolute Gasteiger partial charge is 0.265 e.